The Morgan fingerprint density at radius 1 is 1.67 bits per heavy atom. The van der Waals surface area contributed by atoms with Gasteiger partial charge in [-0.3, -0.25) is 4.39 Å². The highest BCUT2D eigenvalue weighted by Crippen LogP contribution is 2.05. The Balaban J connectivity index is 2.63. The molecule has 0 aromatic heterocycles. The van der Waals surface area contributed by atoms with E-state index in [-0.39, 0.29) is 6.42 Å². The quantitative estimate of drug-likeness (QED) is 0.479. The van der Waals surface area contributed by atoms with Crippen LogP contribution in [0.3, 0.4) is 0 Å². The van der Waals surface area contributed by atoms with Crippen molar-refractivity contribution < 1.29 is 8.78 Å². The predicted molar refractivity (Wildman–Crippen MR) is 29.5 cm³/mol. The molecule has 0 aliphatic heterocycles. The highest BCUT2D eigenvalue weighted by atomic mass is 127. The first-order chi connectivity index (χ1) is 2.77. The minimum absolute atomic E-state index is 0.0283. The molecule has 0 aromatic rings. The molecule has 1 unspecified atom stereocenters. The molecule has 0 aliphatic carbocycles. The monoisotopic (exact) mass is 206 g/mol. The number of hydrogen-bond acceptors (Lipinski definition) is 0. The van der Waals surface area contributed by atoms with Gasteiger partial charge >= 0.3 is 0 Å². The van der Waals surface area contributed by atoms with Gasteiger partial charge in [0.15, 0.2) is 4.18 Å². The van der Waals surface area contributed by atoms with Crippen LogP contribution in [0.5, 0.6) is 0 Å². The first-order valence-electron chi connectivity index (χ1n) is 1.61. The molecule has 0 aromatic carbocycles. The van der Waals surface area contributed by atoms with Gasteiger partial charge in [0.25, 0.3) is 0 Å². The third-order valence-electron chi connectivity index (χ3n) is 0.327. The van der Waals surface area contributed by atoms with Crippen LogP contribution in [0.1, 0.15) is 6.42 Å². The SMILES string of the molecule is FCCC(F)I. The summed E-state index contributed by atoms with van der Waals surface area (Å²) in [6.07, 6.45) is 0.0283. The van der Waals surface area contributed by atoms with E-state index >= 15 is 0 Å². The summed E-state index contributed by atoms with van der Waals surface area (Å²) in [5, 5.41) is 0. The zero-order valence-corrected chi connectivity index (χ0v) is 5.28. The molecule has 0 rings (SSSR count). The summed E-state index contributed by atoms with van der Waals surface area (Å²) in [6.45, 7) is -0.551. The fourth-order valence-corrected chi connectivity index (χ4v) is 0.318. The lowest BCUT2D eigenvalue weighted by Gasteiger charge is -1.87. The van der Waals surface area contributed by atoms with Crippen molar-refractivity contribution >= 4 is 22.6 Å². The second-order valence-electron chi connectivity index (χ2n) is 0.869. The molecule has 38 valence electrons. The van der Waals surface area contributed by atoms with Gasteiger partial charge in [0.1, 0.15) is 0 Å². The van der Waals surface area contributed by atoms with Crippen molar-refractivity contribution in [3.8, 4) is 0 Å². The molecule has 0 N–H and O–H groups in total. The molecular weight excluding hydrogens is 201 g/mol. The van der Waals surface area contributed by atoms with Crippen molar-refractivity contribution in [2.75, 3.05) is 6.67 Å². The van der Waals surface area contributed by atoms with Crippen LogP contribution in [0.25, 0.3) is 0 Å². The minimum Gasteiger partial charge on any atom is -0.251 e. The molecule has 0 bridgehead atoms. The lowest BCUT2D eigenvalue weighted by atomic mass is 10.5. The molecular formula is C3H5F2I. The van der Waals surface area contributed by atoms with Crippen molar-refractivity contribution in [1.82, 2.24) is 0 Å². The average Bonchev–Trinajstić information content (AvgIpc) is 1.35. The van der Waals surface area contributed by atoms with E-state index in [0.29, 0.717) is 0 Å². The molecule has 0 fully saturated rings. The predicted octanol–water partition coefficient (Wildman–Crippen LogP) is 2.08. The summed E-state index contributed by atoms with van der Waals surface area (Å²) in [5.41, 5.74) is 0. The van der Waals surface area contributed by atoms with Crippen LogP contribution in [0.4, 0.5) is 8.78 Å². The van der Waals surface area contributed by atoms with Crippen molar-refractivity contribution in [2.45, 2.75) is 10.6 Å². The third-order valence-corrected chi connectivity index (χ3v) is 0.950. The van der Waals surface area contributed by atoms with Crippen LogP contribution in [0.2, 0.25) is 0 Å². The molecule has 0 spiro atoms. The summed E-state index contributed by atoms with van der Waals surface area (Å²) < 4.78 is 21.4. The average molecular weight is 206 g/mol. The van der Waals surface area contributed by atoms with Gasteiger partial charge in [0.2, 0.25) is 0 Å². The topological polar surface area (TPSA) is 0 Å². The molecule has 3 heteroatoms. The van der Waals surface area contributed by atoms with Gasteiger partial charge in [0.05, 0.1) is 6.67 Å². The maximum atomic E-state index is 11.4. The van der Waals surface area contributed by atoms with Gasteiger partial charge in [-0.05, 0) is 22.6 Å². The van der Waals surface area contributed by atoms with E-state index in [1.54, 1.807) is 0 Å². The Morgan fingerprint density at radius 2 is 2.17 bits per heavy atom. The molecule has 6 heavy (non-hydrogen) atoms. The van der Waals surface area contributed by atoms with Gasteiger partial charge in [-0.25, -0.2) is 4.39 Å². The summed E-state index contributed by atoms with van der Waals surface area (Å²) in [4.78, 5) is 0. The molecule has 0 saturated heterocycles. The van der Waals surface area contributed by atoms with Gasteiger partial charge in [-0.15, -0.1) is 0 Å². The lowest BCUT2D eigenvalue weighted by molar-refractivity contribution is 0.383. The smallest absolute Gasteiger partial charge is 0.153 e. The van der Waals surface area contributed by atoms with Gasteiger partial charge in [-0.1, -0.05) is 0 Å². The van der Waals surface area contributed by atoms with Gasteiger partial charge < -0.3 is 0 Å². The van der Waals surface area contributed by atoms with Crippen molar-refractivity contribution in [3.05, 3.63) is 0 Å². The summed E-state index contributed by atoms with van der Waals surface area (Å²) in [7, 11) is 0. The summed E-state index contributed by atoms with van der Waals surface area (Å²) in [5.74, 6) is 0. The van der Waals surface area contributed by atoms with Crippen LogP contribution < -0.4 is 0 Å². The van der Waals surface area contributed by atoms with Crippen LogP contribution in [-0.4, -0.2) is 10.9 Å². The first kappa shape index (κ1) is 6.59. The van der Waals surface area contributed by atoms with E-state index in [4.69, 9.17) is 0 Å². The highest BCUT2D eigenvalue weighted by Gasteiger charge is 1.94. The molecule has 0 heterocycles. The highest BCUT2D eigenvalue weighted by molar-refractivity contribution is 14.1. The fourth-order valence-electron chi connectivity index (χ4n) is 0.0825. The van der Waals surface area contributed by atoms with Crippen molar-refractivity contribution in [2.24, 2.45) is 0 Å². The van der Waals surface area contributed by atoms with Crippen LogP contribution >= 0.6 is 22.6 Å². The zero-order valence-electron chi connectivity index (χ0n) is 3.13. The fraction of sp³-hybridized carbons (Fsp3) is 1.00. The van der Waals surface area contributed by atoms with E-state index < -0.39 is 10.9 Å². The maximum absolute atomic E-state index is 11.4. The van der Waals surface area contributed by atoms with E-state index in [9.17, 15) is 8.78 Å². The van der Waals surface area contributed by atoms with Crippen LogP contribution in [0, 0.1) is 0 Å². The molecule has 0 amide bonds. The third kappa shape index (κ3) is 4.59. The van der Waals surface area contributed by atoms with Crippen molar-refractivity contribution in [3.63, 3.8) is 0 Å². The number of hydrogen-bond donors (Lipinski definition) is 0. The van der Waals surface area contributed by atoms with Gasteiger partial charge in [0, 0.05) is 6.42 Å². The Labute approximate surface area is 49.1 Å². The number of rotatable bonds is 2. The summed E-state index contributed by atoms with van der Waals surface area (Å²) >= 11 is 1.54. The second-order valence-corrected chi connectivity index (χ2v) is 2.22. The number of alkyl halides is 3. The van der Waals surface area contributed by atoms with Crippen LogP contribution in [0.15, 0.2) is 0 Å². The molecule has 0 saturated carbocycles. The Hall–Kier alpha value is 0.590. The first-order valence-corrected chi connectivity index (χ1v) is 2.86. The maximum Gasteiger partial charge on any atom is 0.153 e. The standard InChI is InChI=1S/C3H5F2I/c4-2-1-3(5)6/h3H,1-2H2. The molecule has 1 atom stereocenters. The zero-order chi connectivity index (χ0) is 4.99. The van der Waals surface area contributed by atoms with Gasteiger partial charge in [-0.2, -0.15) is 0 Å². The Kier molecular flexibility index (Phi) is 4.14. The van der Waals surface area contributed by atoms with E-state index in [1.165, 1.54) is 22.6 Å². The molecule has 0 aliphatic rings. The number of halogens is 3. The van der Waals surface area contributed by atoms with E-state index in [2.05, 4.69) is 0 Å². The lowest BCUT2D eigenvalue weighted by Crippen LogP contribution is -1.86. The van der Waals surface area contributed by atoms with Crippen LogP contribution in [-0.2, 0) is 0 Å². The van der Waals surface area contributed by atoms with E-state index in [0.717, 1.165) is 0 Å². The Morgan fingerprint density at radius 3 is 2.17 bits per heavy atom. The molecule has 0 nitrogen and oxygen atoms in total. The largest absolute Gasteiger partial charge is 0.251 e. The second kappa shape index (κ2) is 3.77. The minimum atomic E-state index is -1.01. The van der Waals surface area contributed by atoms with Crippen molar-refractivity contribution in [1.29, 1.82) is 0 Å². The normalized spacial score (nSPS) is 14.5. The van der Waals surface area contributed by atoms with E-state index in [1.807, 2.05) is 0 Å². The Bertz CT molecular complexity index is 30.0. The summed E-state index contributed by atoms with van der Waals surface area (Å²) in [6, 6.07) is 0. The molecule has 0 radical (unpaired) electrons.